The summed E-state index contributed by atoms with van der Waals surface area (Å²) >= 11 is 0. The number of carbonyl (C=O) groups is 1. The lowest BCUT2D eigenvalue weighted by molar-refractivity contribution is 0.102. The van der Waals surface area contributed by atoms with Crippen molar-refractivity contribution in [3.8, 4) is 0 Å². The highest BCUT2D eigenvalue weighted by atomic mass is 19.1. The van der Waals surface area contributed by atoms with E-state index < -0.39 is 5.82 Å². The smallest absolute Gasteiger partial charge is 0.257 e. The molecular weight excluding hydrogens is 397 g/mol. The monoisotopic (exact) mass is 419 g/mol. The van der Waals surface area contributed by atoms with E-state index in [1.165, 1.54) is 6.07 Å². The highest BCUT2D eigenvalue weighted by molar-refractivity contribution is 6.13. The van der Waals surface area contributed by atoms with E-state index in [2.05, 4.69) is 37.6 Å². The molecule has 158 valence electrons. The Labute approximate surface area is 178 Å². The Bertz CT molecular complexity index is 1300. The van der Waals surface area contributed by atoms with Crippen LogP contribution in [0.2, 0.25) is 0 Å². The number of hydrogen-bond acceptors (Lipinski definition) is 6. The third-order valence-electron chi connectivity index (χ3n) is 5.50. The van der Waals surface area contributed by atoms with Gasteiger partial charge in [-0.3, -0.25) is 4.79 Å². The molecule has 4 aromatic rings. The molecule has 0 bridgehead atoms. The van der Waals surface area contributed by atoms with Crippen LogP contribution in [-0.2, 0) is 0 Å². The quantitative estimate of drug-likeness (QED) is 0.531. The molecule has 31 heavy (non-hydrogen) atoms. The minimum absolute atomic E-state index is 0.224. The molecule has 1 saturated heterocycles. The van der Waals surface area contributed by atoms with Gasteiger partial charge in [-0.25, -0.2) is 9.37 Å². The second kappa shape index (κ2) is 7.59. The standard InChI is InChI=1S/C22H22FN7O/c1-13-10-29(8-7-24-13)19-4-3-17(20-16(19)5-6-25-28-20)22(31)27-15-9-18(23)21-26-14(2)11-30(21)12-15/h3-6,9,11-13,24H,7-8,10H2,1-2H3,(H,27,31)/t13-/m1/s1. The number of fused-ring (bicyclic) bond motifs is 2. The van der Waals surface area contributed by atoms with Crippen LogP contribution in [0.15, 0.2) is 42.9 Å². The maximum absolute atomic E-state index is 14.4. The molecule has 0 radical (unpaired) electrons. The van der Waals surface area contributed by atoms with Crippen LogP contribution in [0.25, 0.3) is 16.6 Å². The molecule has 9 heteroatoms. The summed E-state index contributed by atoms with van der Waals surface area (Å²) in [4.78, 5) is 19.5. The van der Waals surface area contributed by atoms with Gasteiger partial charge in [-0.2, -0.15) is 5.10 Å². The van der Waals surface area contributed by atoms with E-state index in [1.807, 2.05) is 12.1 Å². The van der Waals surface area contributed by atoms with Crippen LogP contribution in [0.3, 0.4) is 0 Å². The number of imidazole rings is 1. The average Bonchev–Trinajstić information content (AvgIpc) is 3.13. The molecule has 5 rings (SSSR count). The van der Waals surface area contributed by atoms with Gasteiger partial charge in [-0.1, -0.05) is 0 Å². The van der Waals surface area contributed by atoms with E-state index >= 15 is 0 Å². The number of nitrogens with zero attached hydrogens (tertiary/aromatic N) is 5. The number of nitrogens with one attached hydrogen (secondary N) is 2. The predicted octanol–water partition coefficient (Wildman–Crippen LogP) is 2.78. The number of hydrogen-bond donors (Lipinski definition) is 2. The van der Waals surface area contributed by atoms with Gasteiger partial charge in [0.05, 0.1) is 23.1 Å². The molecule has 4 heterocycles. The first-order valence-electron chi connectivity index (χ1n) is 10.2. The van der Waals surface area contributed by atoms with Crippen LogP contribution in [0.1, 0.15) is 23.0 Å². The first kappa shape index (κ1) is 19.4. The number of rotatable bonds is 3. The van der Waals surface area contributed by atoms with Crippen molar-refractivity contribution < 1.29 is 9.18 Å². The number of pyridine rings is 1. The fourth-order valence-electron chi connectivity index (χ4n) is 4.12. The first-order chi connectivity index (χ1) is 15.0. The number of piperazine rings is 1. The number of halogens is 1. The van der Waals surface area contributed by atoms with Gasteiger partial charge in [0.1, 0.15) is 5.52 Å². The lowest BCUT2D eigenvalue weighted by atomic mass is 10.1. The Kier molecular flexibility index (Phi) is 4.74. The lowest BCUT2D eigenvalue weighted by Gasteiger charge is -2.34. The molecular formula is C22H22FN7O. The summed E-state index contributed by atoms with van der Waals surface area (Å²) in [5, 5.41) is 15.3. The zero-order chi connectivity index (χ0) is 21.5. The van der Waals surface area contributed by atoms with Crippen molar-refractivity contribution >= 4 is 33.8 Å². The number of anilines is 2. The van der Waals surface area contributed by atoms with Crippen LogP contribution in [0.5, 0.6) is 0 Å². The number of benzene rings is 1. The summed E-state index contributed by atoms with van der Waals surface area (Å²) in [5.74, 6) is -0.875. The summed E-state index contributed by atoms with van der Waals surface area (Å²) in [6.45, 7) is 6.57. The van der Waals surface area contributed by atoms with Crippen LogP contribution in [0.4, 0.5) is 15.8 Å². The van der Waals surface area contributed by atoms with Crippen LogP contribution in [-0.4, -0.2) is 51.2 Å². The van der Waals surface area contributed by atoms with Gasteiger partial charge in [0, 0.05) is 55.2 Å². The normalized spacial score (nSPS) is 16.7. The van der Waals surface area contributed by atoms with E-state index in [9.17, 15) is 9.18 Å². The molecule has 1 aromatic carbocycles. The van der Waals surface area contributed by atoms with E-state index in [1.54, 1.807) is 36.0 Å². The third-order valence-corrected chi connectivity index (χ3v) is 5.50. The van der Waals surface area contributed by atoms with E-state index in [-0.39, 0.29) is 11.6 Å². The van der Waals surface area contributed by atoms with Crippen LogP contribution in [0, 0.1) is 12.7 Å². The van der Waals surface area contributed by atoms with Gasteiger partial charge in [0.2, 0.25) is 0 Å². The molecule has 1 fully saturated rings. The minimum atomic E-state index is -0.501. The van der Waals surface area contributed by atoms with Crippen molar-refractivity contribution in [2.45, 2.75) is 19.9 Å². The van der Waals surface area contributed by atoms with Gasteiger partial charge in [-0.05, 0) is 32.0 Å². The highest BCUT2D eigenvalue weighted by Crippen LogP contribution is 2.29. The summed E-state index contributed by atoms with van der Waals surface area (Å²) in [6, 6.07) is 7.22. The van der Waals surface area contributed by atoms with E-state index in [0.29, 0.717) is 28.5 Å². The fourth-order valence-corrected chi connectivity index (χ4v) is 4.12. The zero-order valence-corrected chi connectivity index (χ0v) is 17.3. The molecule has 1 amide bonds. The molecule has 1 aliphatic heterocycles. The Hall–Kier alpha value is -3.59. The first-order valence-corrected chi connectivity index (χ1v) is 10.2. The molecule has 3 aromatic heterocycles. The molecule has 8 nitrogen and oxygen atoms in total. The summed E-state index contributed by atoms with van der Waals surface area (Å²) < 4.78 is 16.0. The van der Waals surface area contributed by atoms with Crippen molar-refractivity contribution in [3.05, 3.63) is 59.9 Å². The molecule has 0 saturated carbocycles. The number of amides is 1. The molecule has 2 N–H and O–H groups in total. The zero-order valence-electron chi connectivity index (χ0n) is 17.3. The topological polar surface area (TPSA) is 87.5 Å². The van der Waals surface area contributed by atoms with Crippen LogP contribution >= 0.6 is 0 Å². The molecule has 1 aliphatic rings. The second-order valence-corrected chi connectivity index (χ2v) is 7.87. The predicted molar refractivity (Wildman–Crippen MR) is 117 cm³/mol. The van der Waals surface area contributed by atoms with Gasteiger partial charge in [0.15, 0.2) is 11.5 Å². The van der Waals surface area contributed by atoms with Gasteiger partial charge in [-0.15, -0.1) is 5.10 Å². The van der Waals surface area contributed by atoms with Crippen molar-refractivity contribution in [3.63, 3.8) is 0 Å². The highest BCUT2D eigenvalue weighted by Gasteiger charge is 2.21. The summed E-state index contributed by atoms with van der Waals surface area (Å²) in [5.41, 5.74) is 3.18. The SMILES string of the molecule is Cc1cn2cc(NC(=O)c3ccc(N4CCN[C@H](C)C4)c4ccnnc34)cc(F)c2n1. The lowest BCUT2D eigenvalue weighted by Crippen LogP contribution is -2.49. The summed E-state index contributed by atoms with van der Waals surface area (Å²) in [7, 11) is 0. The summed E-state index contributed by atoms with van der Waals surface area (Å²) in [6.07, 6.45) is 4.97. The molecule has 0 aliphatic carbocycles. The van der Waals surface area contributed by atoms with E-state index in [4.69, 9.17) is 0 Å². The van der Waals surface area contributed by atoms with Gasteiger partial charge >= 0.3 is 0 Å². The number of carbonyl (C=O) groups excluding carboxylic acids is 1. The third kappa shape index (κ3) is 3.57. The molecule has 1 atom stereocenters. The Morgan fingerprint density at radius 2 is 2.16 bits per heavy atom. The number of aromatic nitrogens is 4. The van der Waals surface area contributed by atoms with Crippen molar-refractivity contribution in [1.82, 2.24) is 24.9 Å². The van der Waals surface area contributed by atoms with Crippen molar-refractivity contribution in [2.24, 2.45) is 0 Å². The van der Waals surface area contributed by atoms with E-state index in [0.717, 1.165) is 30.7 Å². The Balaban J connectivity index is 1.50. The second-order valence-electron chi connectivity index (χ2n) is 7.87. The Morgan fingerprint density at radius 3 is 3.00 bits per heavy atom. The largest absolute Gasteiger partial charge is 0.368 e. The maximum atomic E-state index is 14.4. The maximum Gasteiger partial charge on any atom is 0.257 e. The molecule has 0 unspecified atom stereocenters. The molecule has 0 spiro atoms. The van der Waals surface area contributed by atoms with Crippen LogP contribution < -0.4 is 15.5 Å². The van der Waals surface area contributed by atoms with Crippen molar-refractivity contribution in [1.29, 1.82) is 0 Å². The van der Waals surface area contributed by atoms with Crippen molar-refractivity contribution in [2.75, 3.05) is 29.9 Å². The minimum Gasteiger partial charge on any atom is -0.368 e. The Morgan fingerprint density at radius 1 is 1.29 bits per heavy atom. The average molecular weight is 419 g/mol. The van der Waals surface area contributed by atoms with Gasteiger partial charge < -0.3 is 19.9 Å². The number of aryl methyl sites for hydroxylation is 1. The fraction of sp³-hybridized carbons (Fsp3) is 0.273. The van der Waals surface area contributed by atoms with Gasteiger partial charge in [0.25, 0.3) is 5.91 Å².